The van der Waals surface area contributed by atoms with Crippen molar-refractivity contribution < 1.29 is 14.0 Å². The first-order valence-electron chi connectivity index (χ1n) is 9.58. The van der Waals surface area contributed by atoms with E-state index in [1.165, 1.54) is 18.2 Å². The number of rotatable bonds is 4. The second kappa shape index (κ2) is 9.86. The van der Waals surface area contributed by atoms with E-state index < -0.39 is 11.7 Å². The summed E-state index contributed by atoms with van der Waals surface area (Å²) in [6.07, 6.45) is 0.508. The minimum atomic E-state index is -0.632. The van der Waals surface area contributed by atoms with E-state index in [0.29, 0.717) is 43.3 Å². The van der Waals surface area contributed by atoms with Crippen LogP contribution in [-0.4, -0.2) is 48.0 Å². The van der Waals surface area contributed by atoms with Gasteiger partial charge in [-0.3, -0.25) is 14.9 Å². The summed E-state index contributed by atoms with van der Waals surface area (Å²) >= 11 is 11.6. The van der Waals surface area contributed by atoms with Crippen LogP contribution in [0.25, 0.3) is 0 Å². The highest BCUT2D eigenvalue weighted by Crippen LogP contribution is 2.29. The van der Waals surface area contributed by atoms with Crippen LogP contribution in [0.15, 0.2) is 42.5 Å². The summed E-state index contributed by atoms with van der Waals surface area (Å²) in [7, 11) is 0. The predicted molar refractivity (Wildman–Crippen MR) is 121 cm³/mol. The monoisotopic (exact) mass is 448 g/mol. The van der Waals surface area contributed by atoms with Gasteiger partial charge in [-0.1, -0.05) is 30.7 Å². The van der Waals surface area contributed by atoms with E-state index in [1.807, 2.05) is 17.9 Å². The van der Waals surface area contributed by atoms with Crippen LogP contribution in [-0.2, 0) is 4.79 Å². The Labute approximate surface area is 185 Å². The number of amides is 2. The third-order valence-corrected chi connectivity index (χ3v) is 5.33. The lowest BCUT2D eigenvalue weighted by atomic mass is 10.2. The smallest absolute Gasteiger partial charge is 0.260 e. The largest absolute Gasteiger partial charge is 0.367 e. The van der Waals surface area contributed by atoms with E-state index in [1.54, 1.807) is 18.2 Å². The summed E-state index contributed by atoms with van der Waals surface area (Å²) in [6.45, 7) is 4.59. The van der Waals surface area contributed by atoms with Gasteiger partial charge in [-0.2, -0.15) is 0 Å². The van der Waals surface area contributed by atoms with Crippen LogP contribution >= 0.6 is 23.8 Å². The zero-order chi connectivity index (χ0) is 21.7. The number of carbonyl (C=O) groups is 2. The molecule has 2 N–H and O–H groups in total. The topological polar surface area (TPSA) is 64.7 Å². The lowest BCUT2D eigenvalue weighted by Crippen LogP contribution is -2.48. The van der Waals surface area contributed by atoms with Gasteiger partial charge in [0.25, 0.3) is 5.91 Å². The molecule has 0 aromatic heterocycles. The normalized spacial score (nSPS) is 13.7. The van der Waals surface area contributed by atoms with Crippen molar-refractivity contribution in [1.29, 1.82) is 0 Å². The van der Waals surface area contributed by atoms with E-state index in [2.05, 4.69) is 15.5 Å². The average Bonchev–Trinajstić information content (AvgIpc) is 2.73. The fourth-order valence-electron chi connectivity index (χ4n) is 3.24. The Morgan fingerprint density at radius 2 is 1.83 bits per heavy atom. The molecule has 1 saturated heterocycles. The Morgan fingerprint density at radius 3 is 2.47 bits per heavy atom. The molecule has 1 heterocycles. The van der Waals surface area contributed by atoms with Gasteiger partial charge in [0.15, 0.2) is 5.11 Å². The molecule has 0 saturated carbocycles. The minimum absolute atomic E-state index is 0.0405. The number of nitrogens with zero attached hydrogens (tertiary/aromatic N) is 2. The van der Waals surface area contributed by atoms with Gasteiger partial charge in [0.1, 0.15) is 5.82 Å². The molecular weight excluding hydrogens is 427 g/mol. The summed E-state index contributed by atoms with van der Waals surface area (Å²) in [4.78, 5) is 28.0. The number of benzene rings is 2. The number of piperazine rings is 1. The molecule has 0 aliphatic carbocycles. The maximum atomic E-state index is 13.7. The van der Waals surface area contributed by atoms with Crippen LogP contribution < -0.4 is 15.5 Å². The van der Waals surface area contributed by atoms with Crippen LogP contribution in [0.1, 0.15) is 23.7 Å². The molecule has 2 aromatic carbocycles. The Bertz CT molecular complexity index is 964. The molecule has 30 heavy (non-hydrogen) atoms. The summed E-state index contributed by atoms with van der Waals surface area (Å²) in [5, 5.41) is 5.91. The molecular formula is C21H22ClFN4O2S. The molecule has 0 bridgehead atoms. The molecule has 2 amide bonds. The van der Waals surface area contributed by atoms with Crippen molar-refractivity contribution in [3.8, 4) is 0 Å². The molecule has 1 aliphatic rings. The van der Waals surface area contributed by atoms with Crippen LogP contribution in [0.4, 0.5) is 15.8 Å². The number of hydrogen-bond donors (Lipinski definition) is 2. The van der Waals surface area contributed by atoms with Crippen molar-refractivity contribution in [3.63, 3.8) is 0 Å². The summed E-state index contributed by atoms with van der Waals surface area (Å²) in [5.41, 5.74) is 1.38. The van der Waals surface area contributed by atoms with Gasteiger partial charge >= 0.3 is 0 Å². The number of thiocarbonyl (C=S) groups is 1. The fraction of sp³-hybridized carbons (Fsp3) is 0.286. The predicted octanol–water partition coefficient (Wildman–Crippen LogP) is 3.66. The van der Waals surface area contributed by atoms with Gasteiger partial charge in [0.05, 0.1) is 16.3 Å². The highest BCUT2D eigenvalue weighted by molar-refractivity contribution is 7.80. The number of halogens is 2. The second-order valence-electron chi connectivity index (χ2n) is 6.78. The van der Waals surface area contributed by atoms with E-state index in [-0.39, 0.29) is 16.6 Å². The van der Waals surface area contributed by atoms with Crippen LogP contribution in [0, 0.1) is 5.82 Å². The standard InChI is InChI=1S/C21H22ClFN4O2S/c1-2-19(28)27-11-9-26(10-12-27)18-8-7-14(13-16(18)22)24-21(30)25-20(29)15-5-3-4-6-17(15)23/h3-8,13H,2,9-12H2,1H3,(H2,24,25,29,30). The minimum Gasteiger partial charge on any atom is -0.367 e. The van der Waals surface area contributed by atoms with Crippen LogP contribution in [0.5, 0.6) is 0 Å². The van der Waals surface area contributed by atoms with Crippen molar-refractivity contribution >= 4 is 52.1 Å². The first-order valence-corrected chi connectivity index (χ1v) is 10.4. The van der Waals surface area contributed by atoms with Gasteiger partial charge < -0.3 is 15.1 Å². The maximum absolute atomic E-state index is 13.7. The lowest BCUT2D eigenvalue weighted by molar-refractivity contribution is -0.131. The van der Waals surface area contributed by atoms with Gasteiger partial charge in [0, 0.05) is 38.3 Å². The van der Waals surface area contributed by atoms with E-state index >= 15 is 0 Å². The number of hydrogen-bond acceptors (Lipinski definition) is 4. The van der Waals surface area contributed by atoms with Crippen molar-refractivity contribution in [2.24, 2.45) is 0 Å². The third kappa shape index (κ3) is 5.25. The lowest BCUT2D eigenvalue weighted by Gasteiger charge is -2.36. The summed E-state index contributed by atoms with van der Waals surface area (Å²) in [6, 6.07) is 11.0. The second-order valence-corrected chi connectivity index (χ2v) is 7.59. The Balaban J connectivity index is 1.59. The SMILES string of the molecule is CCC(=O)N1CCN(c2ccc(NC(=S)NC(=O)c3ccccc3F)cc2Cl)CC1. The Kier molecular flexibility index (Phi) is 7.23. The van der Waals surface area contributed by atoms with Gasteiger partial charge in [-0.25, -0.2) is 4.39 Å². The van der Waals surface area contributed by atoms with Crippen LogP contribution in [0.3, 0.4) is 0 Å². The Hall–Kier alpha value is -2.71. The summed E-state index contributed by atoms with van der Waals surface area (Å²) in [5.74, 6) is -1.09. The van der Waals surface area contributed by atoms with Gasteiger partial charge in [-0.15, -0.1) is 0 Å². The molecule has 9 heteroatoms. The zero-order valence-electron chi connectivity index (χ0n) is 16.5. The molecule has 0 atom stereocenters. The first-order chi connectivity index (χ1) is 14.4. The summed E-state index contributed by atoms with van der Waals surface area (Å²) < 4.78 is 13.7. The third-order valence-electron chi connectivity index (χ3n) is 4.83. The number of nitrogens with one attached hydrogen (secondary N) is 2. The molecule has 0 radical (unpaired) electrons. The highest BCUT2D eigenvalue weighted by Gasteiger charge is 2.21. The van der Waals surface area contributed by atoms with E-state index in [0.717, 1.165) is 5.69 Å². The molecule has 2 aromatic rings. The fourth-order valence-corrected chi connectivity index (χ4v) is 3.75. The van der Waals surface area contributed by atoms with Gasteiger partial charge in [-0.05, 0) is 42.5 Å². The molecule has 3 rings (SSSR count). The van der Waals surface area contributed by atoms with Crippen molar-refractivity contribution in [2.45, 2.75) is 13.3 Å². The average molecular weight is 449 g/mol. The quantitative estimate of drug-likeness (QED) is 0.699. The molecule has 0 unspecified atom stereocenters. The van der Waals surface area contributed by atoms with Crippen molar-refractivity contribution in [2.75, 3.05) is 36.4 Å². The Morgan fingerprint density at radius 1 is 1.13 bits per heavy atom. The number of anilines is 2. The van der Waals surface area contributed by atoms with Crippen molar-refractivity contribution in [3.05, 3.63) is 58.9 Å². The van der Waals surface area contributed by atoms with Gasteiger partial charge in [0.2, 0.25) is 5.91 Å². The molecule has 158 valence electrons. The molecule has 1 aliphatic heterocycles. The van der Waals surface area contributed by atoms with Crippen LogP contribution in [0.2, 0.25) is 5.02 Å². The maximum Gasteiger partial charge on any atom is 0.260 e. The molecule has 1 fully saturated rings. The zero-order valence-corrected chi connectivity index (χ0v) is 18.0. The van der Waals surface area contributed by atoms with E-state index in [9.17, 15) is 14.0 Å². The molecule has 6 nitrogen and oxygen atoms in total. The first kappa shape index (κ1) is 22.0. The van der Waals surface area contributed by atoms with E-state index in [4.69, 9.17) is 23.8 Å². The van der Waals surface area contributed by atoms with Crippen molar-refractivity contribution in [1.82, 2.24) is 10.2 Å². The molecule has 0 spiro atoms. The highest BCUT2D eigenvalue weighted by atomic mass is 35.5. The number of carbonyl (C=O) groups excluding carboxylic acids is 2.